The van der Waals surface area contributed by atoms with E-state index in [4.69, 9.17) is 9.97 Å². The lowest BCUT2D eigenvalue weighted by atomic mass is 9.85. The van der Waals surface area contributed by atoms with Gasteiger partial charge < -0.3 is 4.57 Å². The van der Waals surface area contributed by atoms with Gasteiger partial charge >= 0.3 is 0 Å². The number of aromatic nitrogens is 3. The fourth-order valence-electron chi connectivity index (χ4n) is 5.21. The van der Waals surface area contributed by atoms with Gasteiger partial charge in [-0.3, -0.25) is 0 Å². The van der Waals surface area contributed by atoms with Gasteiger partial charge in [-0.15, -0.1) is 0 Å². The molecular weight excluding hydrogens is 402 g/mol. The average Bonchev–Trinajstić information content (AvgIpc) is 3.08. The van der Waals surface area contributed by atoms with Crippen LogP contribution in [-0.4, -0.2) is 14.5 Å². The fourth-order valence-corrected chi connectivity index (χ4v) is 5.21. The molecule has 3 nitrogen and oxygen atoms in total. The summed E-state index contributed by atoms with van der Waals surface area (Å²) in [6, 6.07) is 26.4. The van der Waals surface area contributed by atoms with Gasteiger partial charge in [-0.1, -0.05) is 81.4 Å². The van der Waals surface area contributed by atoms with Gasteiger partial charge in [-0.2, -0.15) is 0 Å². The van der Waals surface area contributed by atoms with Crippen molar-refractivity contribution in [3.63, 3.8) is 0 Å². The second-order valence-electron chi connectivity index (χ2n) is 10.3. The van der Waals surface area contributed by atoms with E-state index >= 15 is 0 Å². The zero-order valence-corrected chi connectivity index (χ0v) is 19.6. The number of aryl methyl sites for hydroxylation is 1. The lowest BCUT2D eigenvalue weighted by molar-refractivity contribution is 0.412. The molecule has 0 unspecified atom stereocenters. The lowest BCUT2D eigenvalue weighted by Crippen LogP contribution is -2.09. The molecule has 6 rings (SSSR count). The zero-order valence-electron chi connectivity index (χ0n) is 19.6. The van der Waals surface area contributed by atoms with Gasteiger partial charge in [0.1, 0.15) is 12.0 Å². The van der Waals surface area contributed by atoms with Gasteiger partial charge in [0.05, 0.1) is 16.6 Å². The molecule has 0 aliphatic heterocycles. The predicted octanol–water partition coefficient (Wildman–Crippen LogP) is 7.68. The Morgan fingerprint density at radius 1 is 0.758 bits per heavy atom. The van der Waals surface area contributed by atoms with Crippen molar-refractivity contribution in [1.82, 2.24) is 14.5 Å². The van der Waals surface area contributed by atoms with Crippen molar-refractivity contribution in [2.75, 3.05) is 0 Å². The van der Waals surface area contributed by atoms with E-state index in [9.17, 15) is 0 Å². The van der Waals surface area contributed by atoms with Crippen LogP contribution < -0.4 is 0 Å². The first kappa shape index (κ1) is 19.9. The Morgan fingerprint density at radius 2 is 1.48 bits per heavy atom. The van der Waals surface area contributed by atoms with Gasteiger partial charge in [0.15, 0.2) is 0 Å². The minimum atomic E-state index is 0.225. The van der Waals surface area contributed by atoms with Crippen molar-refractivity contribution in [3.8, 4) is 11.3 Å². The molecule has 0 N–H and O–H groups in total. The first-order chi connectivity index (χ1) is 15.9. The molecule has 4 aromatic carbocycles. The van der Waals surface area contributed by atoms with Crippen LogP contribution in [0.2, 0.25) is 0 Å². The smallest absolute Gasteiger partial charge is 0.144 e. The van der Waals surface area contributed by atoms with Crippen molar-refractivity contribution < 1.29 is 0 Å². The SMILES string of the molecule is Cn1c2cc3ccccc3cc2c2c(-c3cccc4c(CC(C)(C)C)cccc34)ncnc21. The summed E-state index contributed by atoms with van der Waals surface area (Å²) < 4.78 is 2.19. The van der Waals surface area contributed by atoms with E-state index in [0.717, 1.165) is 28.7 Å². The van der Waals surface area contributed by atoms with E-state index in [1.807, 2.05) is 0 Å². The summed E-state index contributed by atoms with van der Waals surface area (Å²) in [6.07, 6.45) is 2.74. The number of benzene rings is 4. The second kappa shape index (κ2) is 7.14. The van der Waals surface area contributed by atoms with Crippen LogP contribution in [0.3, 0.4) is 0 Å². The van der Waals surface area contributed by atoms with Crippen molar-refractivity contribution in [1.29, 1.82) is 0 Å². The van der Waals surface area contributed by atoms with E-state index in [-0.39, 0.29) is 5.41 Å². The lowest BCUT2D eigenvalue weighted by Gasteiger charge is -2.20. The van der Waals surface area contributed by atoms with Crippen LogP contribution in [0.15, 0.2) is 79.1 Å². The van der Waals surface area contributed by atoms with Gasteiger partial charge in [-0.25, -0.2) is 9.97 Å². The molecule has 0 radical (unpaired) electrons. The topological polar surface area (TPSA) is 30.7 Å². The molecule has 0 aliphatic carbocycles. The molecule has 0 spiro atoms. The Balaban J connectivity index is 1.69. The first-order valence-electron chi connectivity index (χ1n) is 11.5. The van der Waals surface area contributed by atoms with E-state index in [2.05, 4.69) is 105 Å². The molecule has 2 aromatic heterocycles. The molecule has 162 valence electrons. The summed E-state index contributed by atoms with van der Waals surface area (Å²) in [5.41, 5.74) is 5.92. The zero-order chi connectivity index (χ0) is 22.7. The van der Waals surface area contributed by atoms with E-state index in [1.54, 1.807) is 6.33 Å². The van der Waals surface area contributed by atoms with E-state index < -0.39 is 0 Å². The summed E-state index contributed by atoms with van der Waals surface area (Å²) in [5, 5.41) is 7.35. The van der Waals surface area contributed by atoms with Crippen molar-refractivity contribution in [2.45, 2.75) is 27.2 Å². The van der Waals surface area contributed by atoms with Gasteiger partial charge in [0.2, 0.25) is 0 Å². The Kier molecular flexibility index (Phi) is 4.31. The Bertz CT molecular complexity index is 1680. The highest BCUT2D eigenvalue weighted by atomic mass is 15.0. The highest BCUT2D eigenvalue weighted by molar-refractivity contribution is 6.17. The van der Waals surface area contributed by atoms with Crippen LogP contribution in [-0.2, 0) is 13.5 Å². The Hall–Kier alpha value is -3.72. The van der Waals surface area contributed by atoms with E-state index in [1.165, 1.54) is 38.0 Å². The number of nitrogens with zero attached hydrogens (tertiary/aromatic N) is 3. The quantitative estimate of drug-likeness (QED) is 0.282. The van der Waals surface area contributed by atoms with Crippen LogP contribution in [0.5, 0.6) is 0 Å². The van der Waals surface area contributed by atoms with E-state index in [0.29, 0.717) is 0 Å². The Labute approximate surface area is 193 Å². The third-order valence-electron chi connectivity index (χ3n) is 6.63. The van der Waals surface area contributed by atoms with Crippen LogP contribution in [0.1, 0.15) is 26.3 Å². The maximum atomic E-state index is 4.85. The minimum absolute atomic E-state index is 0.225. The highest BCUT2D eigenvalue weighted by Gasteiger charge is 2.19. The fraction of sp³-hybridized carbons (Fsp3) is 0.200. The maximum absolute atomic E-state index is 4.85. The summed E-state index contributed by atoms with van der Waals surface area (Å²) in [7, 11) is 2.10. The van der Waals surface area contributed by atoms with Gasteiger partial charge in [-0.05, 0) is 51.1 Å². The molecule has 0 bridgehead atoms. The third-order valence-corrected chi connectivity index (χ3v) is 6.63. The van der Waals surface area contributed by atoms with Gasteiger partial charge in [0.25, 0.3) is 0 Å². The molecule has 0 fully saturated rings. The predicted molar refractivity (Wildman–Crippen MR) is 140 cm³/mol. The molecule has 2 heterocycles. The number of fused-ring (bicyclic) bond motifs is 5. The molecule has 0 atom stereocenters. The summed E-state index contributed by atoms with van der Waals surface area (Å²) in [6.45, 7) is 6.89. The number of rotatable bonds is 2. The molecule has 6 aromatic rings. The van der Waals surface area contributed by atoms with Crippen LogP contribution in [0.4, 0.5) is 0 Å². The number of hydrogen-bond donors (Lipinski definition) is 0. The normalized spacial score (nSPS) is 12.4. The average molecular weight is 430 g/mol. The first-order valence-corrected chi connectivity index (χ1v) is 11.5. The maximum Gasteiger partial charge on any atom is 0.144 e. The molecule has 0 amide bonds. The Morgan fingerprint density at radius 3 is 2.27 bits per heavy atom. The van der Waals surface area contributed by atoms with Crippen LogP contribution in [0, 0.1) is 5.41 Å². The van der Waals surface area contributed by atoms with Crippen LogP contribution >= 0.6 is 0 Å². The largest absolute Gasteiger partial charge is 0.328 e. The van der Waals surface area contributed by atoms with Crippen molar-refractivity contribution >= 4 is 43.5 Å². The molecule has 0 aliphatic rings. The van der Waals surface area contributed by atoms with Crippen molar-refractivity contribution in [2.24, 2.45) is 12.5 Å². The van der Waals surface area contributed by atoms with Crippen molar-refractivity contribution in [3.05, 3.63) is 84.7 Å². The monoisotopic (exact) mass is 429 g/mol. The van der Waals surface area contributed by atoms with Crippen LogP contribution in [0.25, 0.3) is 54.7 Å². The number of hydrogen-bond acceptors (Lipinski definition) is 2. The molecular formula is C30H27N3. The highest BCUT2D eigenvalue weighted by Crippen LogP contribution is 2.39. The second-order valence-corrected chi connectivity index (χ2v) is 10.3. The standard InChI is InChI=1S/C30H27N3/c1-30(2,3)17-21-11-7-13-23-22(21)12-8-14-24(23)28-27-25-15-19-9-5-6-10-20(19)16-26(25)33(4)29(27)32-18-31-28/h5-16,18H,17H2,1-4H3. The van der Waals surface area contributed by atoms with Gasteiger partial charge in [0, 0.05) is 18.0 Å². The summed E-state index contributed by atoms with van der Waals surface area (Å²) >= 11 is 0. The minimum Gasteiger partial charge on any atom is -0.328 e. The molecule has 0 saturated heterocycles. The molecule has 3 heteroatoms. The summed E-state index contributed by atoms with van der Waals surface area (Å²) in [5.74, 6) is 0. The summed E-state index contributed by atoms with van der Waals surface area (Å²) in [4.78, 5) is 9.54. The third kappa shape index (κ3) is 3.19. The molecule has 33 heavy (non-hydrogen) atoms. The molecule has 0 saturated carbocycles.